The first-order valence-electron chi connectivity index (χ1n) is 7.01. The summed E-state index contributed by atoms with van der Waals surface area (Å²) in [5.74, 6) is -0.977. The summed E-state index contributed by atoms with van der Waals surface area (Å²) >= 11 is 12.0. The first-order chi connectivity index (χ1) is 11.5. The fraction of sp³-hybridized carbons (Fsp3) is 0.0556. The van der Waals surface area contributed by atoms with E-state index in [4.69, 9.17) is 33.0 Å². The highest BCUT2D eigenvalue weighted by Crippen LogP contribution is 2.32. The van der Waals surface area contributed by atoms with Crippen LogP contribution in [0.1, 0.15) is 15.9 Å². The number of carboxylic acid groups (broad SMARTS) is 1. The second-order valence-corrected chi connectivity index (χ2v) is 6.02. The van der Waals surface area contributed by atoms with Gasteiger partial charge >= 0.3 is 5.97 Å². The molecule has 3 aromatic rings. The standard InChI is InChI=1S/C18H12Cl2O4/c19-12-5-4-11(15(20)7-12)9-24-17-3-1-2-10-6-14(18(22)23)16(21)8-13(10)17/h1-8,21H,9H2,(H,22,23). The van der Waals surface area contributed by atoms with Crippen molar-refractivity contribution in [2.75, 3.05) is 0 Å². The van der Waals surface area contributed by atoms with Gasteiger partial charge in [0.15, 0.2) is 0 Å². The summed E-state index contributed by atoms with van der Waals surface area (Å²) in [4.78, 5) is 11.1. The Morgan fingerprint density at radius 3 is 2.58 bits per heavy atom. The molecule has 0 saturated carbocycles. The zero-order chi connectivity index (χ0) is 17.3. The Balaban J connectivity index is 1.95. The molecule has 0 heterocycles. The van der Waals surface area contributed by atoms with Crippen LogP contribution >= 0.6 is 23.2 Å². The molecule has 0 spiro atoms. The lowest BCUT2D eigenvalue weighted by Crippen LogP contribution is -1.99. The lowest BCUT2D eigenvalue weighted by molar-refractivity contribution is 0.0694. The summed E-state index contributed by atoms with van der Waals surface area (Å²) in [5, 5.41) is 21.3. The predicted octanol–water partition coefficient (Wildman–Crippen LogP) is 5.13. The van der Waals surface area contributed by atoms with E-state index in [-0.39, 0.29) is 17.9 Å². The predicted molar refractivity (Wildman–Crippen MR) is 93.4 cm³/mol. The number of aromatic hydroxyl groups is 1. The van der Waals surface area contributed by atoms with Crippen molar-refractivity contribution in [2.24, 2.45) is 0 Å². The molecule has 122 valence electrons. The number of halogens is 2. The van der Waals surface area contributed by atoms with Gasteiger partial charge in [0.05, 0.1) is 0 Å². The van der Waals surface area contributed by atoms with Crippen molar-refractivity contribution in [3.8, 4) is 11.5 Å². The Hall–Kier alpha value is -2.43. The van der Waals surface area contributed by atoms with Gasteiger partial charge in [0.1, 0.15) is 23.7 Å². The number of rotatable bonds is 4. The Bertz CT molecular complexity index is 938. The van der Waals surface area contributed by atoms with Gasteiger partial charge < -0.3 is 14.9 Å². The number of phenols is 1. The molecular weight excluding hydrogens is 351 g/mol. The van der Waals surface area contributed by atoms with E-state index < -0.39 is 5.97 Å². The highest BCUT2D eigenvalue weighted by Gasteiger charge is 2.13. The van der Waals surface area contributed by atoms with Crippen LogP contribution in [0.3, 0.4) is 0 Å². The van der Waals surface area contributed by atoms with Gasteiger partial charge in [0, 0.05) is 21.0 Å². The monoisotopic (exact) mass is 362 g/mol. The molecule has 0 atom stereocenters. The molecule has 3 rings (SSSR count). The van der Waals surface area contributed by atoms with Gasteiger partial charge in [-0.25, -0.2) is 4.79 Å². The SMILES string of the molecule is O=C(O)c1cc2cccc(OCc3ccc(Cl)cc3Cl)c2cc1O. The fourth-order valence-electron chi connectivity index (χ4n) is 2.38. The Morgan fingerprint density at radius 2 is 1.88 bits per heavy atom. The van der Waals surface area contributed by atoms with Crippen molar-refractivity contribution in [3.63, 3.8) is 0 Å². The van der Waals surface area contributed by atoms with Gasteiger partial charge in [-0.15, -0.1) is 0 Å². The summed E-state index contributed by atoms with van der Waals surface area (Å²) in [7, 11) is 0. The Kier molecular flexibility index (Phi) is 4.51. The summed E-state index contributed by atoms with van der Waals surface area (Å²) in [6, 6.07) is 13.2. The lowest BCUT2D eigenvalue weighted by Gasteiger charge is -2.12. The van der Waals surface area contributed by atoms with Crippen LogP contribution in [-0.2, 0) is 6.61 Å². The maximum atomic E-state index is 11.1. The highest BCUT2D eigenvalue weighted by atomic mass is 35.5. The van der Waals surface area contributed by atoms with Crippen LogP contribution in [0.2, 0.25) is 10.0 Å². The molecule has 0 fully saturated rings. The molecule has 0 bridgehead atoms. The third kappa shape index (κ3) is 3.25. The Morgan fingerprint density at radius 1 is 1.08 bits per heavy atom. The molecule has 24 heavy (non-hydrogen) atoms. The molecule has 0 aliphatic rings. The number of benzene rings is 3. The molecule has 0 saturated heterocycles. The highest BCUT2D eigenvalue weighted by molar-refractivity contribution is 6.35. The summed E-state index contributed by atoms with van der Waals surface area (Å²) in [5.41, 5.74) is 0.616. The van der Waals surface area contributed by atoms with Crippen LogP contribution in [0.5, 0.6) is 11.5 Å². The van der Waals surface area contributed by atoms with Crippen LogP contribution in [0.15, 0.2) is 48.5 Å². The van der Waals surface area contributed by atoms with E-state index in [1.165, 1.54) is 12.1 Å². The lowest BCUT2D eigenvalue weighted by atomic mass is 10.1. The van der Waals surface area contributed by atoms with Crippen LogP contribution in [0, 0.1) is 0 Å². The van der Waals surface area contributed by atoms with E-state index >= 15 is 0 Å². The van der Waals surface area contributed by atoms with Gasteiger partial charge in [0.2, 0.25) is 0 Å². The molecule has 0 radical (unpaired) electrons. The second-order valence-electron chi connectivity index (χ2n) is 5.18. The smallest absolute Gasteiger partial charge is 0.339 e. The van der Waals surface area contributed by atoms with E-state index in [2.05, 4.69) is 0 Å². The van der Waals surface area contributed by atoms with Crippen molar-refractivity contribution in [1.29, 1.82) is 0 Å². The fourth-order valence-corrected chi connectivity index (χ4v) is 2.84. The van der Waals surface area contributed by atoms with Gasteiger partial charge in [-0.05, 0) is 35.7 Å². The number of carbonyl (C=O) groups is 1. The Labute approximate surface area is 147 Å². The molecule has 0 aliphatic carbocycles. The van der Waals surface area contributed by atoms with Crippen molar-refractivity contribution in [3.05, 3.63) is 69.7 Å². The zero-order valence-corrected chi connectivity index (χ0v) is 13.8. The molecular formula is C18H12Cl2O4. The molecule has 0 amide bonds. The number of hydrogen-bond acceptors (Lipinski definition) is 3. The van der Waals surface area contributed by atoms with Crippen LogP contribution < -0.4 is 4.74 Å². The number of ether oxygens (including phenoxy) is 1. The molecule has 0 aliphatic heterocycles. The van der Waals surface area contributed by atoms with Gasteiger partial charge in [-0.2, -0.15) is 0 Å². The third-order valence-electron chi connectivity index (χ3n) is 3.59. The van der Waals surface area contributed by atoms with Crippen molar-refractivity contribution >= 4 is 39.9 Å². The average Bonchev–Trinajstić information content (AvgIpc) is 2.53. The van der Waals surface area contributed by atoms with Gasteiger partial charge in [-0.1, -0.05) is 41.4 Å². The molecule has 3 aromatic carbocycles. The summed E-state index contributed by atoms with van der Waals surface area (Å²) in [6.07, 6.45) is 0. The topological polar surface area (TPSA) is 66.8 Å². The number of aromatic carboxylic acids is 1. The minimum absolute atomic E-state index is 0.152. The molecule has 6 heteroatoms. The normalized spacial score (nSPS) is 10.8. The van der Waals surface area contributed by atoms with Crippen LogP contribution in [0.25, 0.3) is 10.8 Å². The summed E-state index contributed by atoms with van der Waals surface area (Å²) in [6.45, 7) is 0.219. The minimum atomic E-state index is -1.19. The van der Waals surface area contributed by atoms with E-state index in [9.17, 15) is 9.90 Å². The summed E-state index contributed by atoms with van der Waals surface area (Å²) < 4.78 is 5.80. The third-order valence-corrected chi connectivity index (χ3v) is 4.17. The molecule has 2 N–H and O–H groups in total. The number of carboxylic acids is 1. The van der Waals surface area contributed by atoms with Gasteiger partial charge in [-0.3, -0.25) is 0 Å². The van der Waals surface area contributed by atoms with E-state index in [1.807, 2.05) is 0 Å². The zero-order valence-electron chi connectivity index (χ0n) is 12.3. The molecule has 0 aromatic heterocycles. The minimum Gasteiger partial charge on any atom is -0.507 e. The van der Waals surface area contributed by atoms with E-state index in [1.54, 1.807) is 36.4 Å². The van der Waals surface area contributed by atoms with Gasteiger partial charge in [0.25, 0.3) is 0 Å². The van der Waals surface area contributed by atoms with E-state index in [0.717, 1.165) is 5.56 Å². The first kappa shape index (κ1) is 16.4. The quantitative estimate of drug-likeness (QED) is 0.674. The average molecular weight is 363 g/mol. The second kappa shape index (κ2) is 6.59. The van der Waals surface area contributed by atoms with Crippen molar-refractivity contribution in [2.45, 2.75) is 6.61 Å². The maximum absolute atomic E-state index is 11.1. The van der Waals surface area contributed by atoms with Crippen LogP contribution in [0.4, 0.5) is 0 Å². The van der Waals surface area contributed by atoms with Crippen LogP contribution in [-0.4, -0.2) is 16.2 Å². The number of hydrogen-bond donors (Lipinski definition) is 2. The van der Waals surface area contributed by atoms with Crippen molar-refractivity contribution < 1.29 is 19.7 Å². The molecule has 0 unspecified atom stereocenters. The first-order valence-corrected chi connectivity index (χ1v) is 7.77. The van der Waals surface area contributed by atoms with Crippen molar-refractivity contribution in [1.82, 2.24) is 0 Å². The van der Waals surface area contributed by atoms with E-state index in [0.29, 0.717) is 26.6 Å². The maximum Gasteiger partial charge on any atom is 0.339 e. The largest absolute Gasteiger partial charge is 0.507 e. The number of fused-ring (bicyclic) bond motifs is 1. The molecule has 4 nitrogen and oxygen atoms in total.